The van der Waals surface area contributed by atoms with Gasteiger partial charge in [0.05, 0.1) is 12.7 Å². The van der Waals surface area contributed by atoms with E-state index in [1.54, 1.807) is 24.3 Å². The molecular formula is C17H15Cl2NO4. The second-order valence-electron chi connectivity index (χ2n) is 4.93. The van der Waals surface area contributed by atoms with Crippen LogP contribution in [0.3, 0.4) is 0 Å². The van der Waals surface area contributed by atoms with Gasteiger partial charge in [0.1, 0.15) is 5.75 Å². The first-order chi connectivity index (χ1) is 11.4. The molecule has 1 amide bonds. The number of methoxy groups -OCH3 is 1. The average molecular weight is 368 g/mol. The largest absolute Gasteiger partial charge is 0.497 e. The summed E-state index contributed by atoms with van der Waals surface area (Å²) in [5, 5.41) is 3.26. The molecule has 0 aliphatic carbocycles. The molecule has 2 rings (SSSR count). The zero-order chi connectivity index (χ0) is 17.7. The van der Waals surface area contributed by atoms with E-state index in [0.717, 1.165) is 0 Å². The molecule has 0 saturated heterocycles. The first-order valence-corrected chi connectivity index (χ1v) is 7.76. The van der Waals surface area contributed by atoms with Crippen molar-refractivity contribution in [1.29, 1.82) is 0 Å². The summed E-state index contributed by atoms with van der Waals surface area (Å²) in [6.45, 7) is 1.47. The molecule has 0 spiro atoms. The Balaban J connectivity index is 2.01. The highest BCUT2D eigenvalue weighted by molar-refractivity contribution is 6.35. The summed E-state index contributed by atoms with van der Waals surface area (Å²) < 4.78 is 10.2. The fourth-order valence-electron chi connectivity index (χ4n) is 1.90. The predicted octanol–water partition coefficient (Wildman–Crippen LogP) is 4.19. The van der Waals surface area contributed by atoms with E-state index in [4.69, 9.17) is 32.7 Å². The molecule has 0 heterocycles. The maximum Gasteiger partial charge on any atom is 0.339 e. The summed E-state index contributed by atoms with van der Waals surface area (Å²) in [5.74, 6) is -0.552. The highest BCUT2D eigenvalue weighted by Crippen LogP contribution is 2.20. The normalized spacial score (nSPS) is 11.5. The first kappa shape index (κ1) is 18.1. The van der Waals surface area contributed by atoms with Crippen LogP contribution in [0.15, 0.2) is 42.5 Å². The second kappa shape index (κ2) is 8.04. The Morgan fingerprint density at radius 2 is 1.75 bits per heavy atom. The zero-order valence-electron chi connectivity index (χ0n) is 13.0. The van der Waals surface area contributed by atoms with Gasteiger partial charge in [-0.15, -0.1) is 0 Å². The maximum atomic E-state index is 12.1. The van der Waals surface area contributed by atoms with Gasteiger partial charge in [-0.2, -0.15) is 0 Å². The fourth-order valence-corrected chi connectivity index (χ4v) is 2.42. The molecule has 0 aliphatic heterocycles. The van der Waals surface area contributed by atoms with E-state index >= 15 is 0 Å². The molecule has 0 aliphatic rings. The van der Waals surface area contributed by atoms with Gasteiger partial charge in [0.2, 0.25) is 0 Å². The molecule has 0 unspecified atom stereocenters. The van der Waals surface area contributed by atoms with Gasteiger partial charge in [-0.3, -0.25) is 4.79 Å². The number of rotatable bonds is 5. The molecule has 2 aromatic carbocycles. The van der Waals surface area contributed by atoms with Gasteiger partial charge in [0.15, 0.2) is 6.10 Å². The summed E-state index contributed by atoms with van der Waals surface area (Å²) >= 11 is 11.7. The molecule has 1 N–H and O–H groups in total. The van der Waals surface area contributed by atoms with Crippen LogP contribution < -0.4 is 10.1 Å². The third kappa shape index (κ3) is 4.88. The monoisotopic (exact) mass is 367 g/mol. The molecule has 2 aromatic rings. The van der Waals surface area contributed by atoms with E-state index in [0.29, 0.717) is 21.5 Å². The maximum absolute atomic E-state index is 12.1. The number of ether oxygens (including phenoxy) is 2. The van der Waals surface area contributed by atoms with Crippen molar-refractivity contribution in [3.8, 4) is 5.75 Å². The van der Waals surface area contributed by atoms with E-state index in [1.165, 1.54) is 32.2 Å². The van der Waals surface area contributed by atoms with Crippen molar-refractivity contribution in [1.82, 2.24) is 0 Å². The molecule has 0 saturated carbocycles. The van der Waals surface area contributed by atoms with Crippen molar-refractivity contribution in [3.63, 3.8) is 0 Å². The predicted molar refractivity (Wildman–Crippen MR) is 93.0 cm³/mol. The molecule has 5 nitrogen and oxygen atoms in total. The number of carbonyl (C=O) groups is 2. The van der Waals surface area contributed by atoms with Crippen LogP contribution in [0.4, 0.5) is 5.69 Å². The number of nitrogens with one attached hydrogen (secondary N) is 1. The van der Waals surface area contributed by atoms with Gasteiger partial charge in [-0.1, -0.05) is 29.3 Å². The lowest BCUT2D eigenvalue weighted by Gasteiger charge is -2.14. The van der Waals surface area contributed by atoms with Gasteiger partial charge in [0.25, 0.3) is 5.91 Å². The Hall–Kier alpha value is -2.24. The second-order valence-corrected chi connectivity index (χ2v) is 5.80. The van der Waals surface area contributed by atoms with Crippen molar-refractivity contribution in [2.75, 3.05) is 12.4 Å². The average Bonchev–Trinajstić information content (AvgIpc) is 2.54. The van der Waals surface area contributed by atoms with Crippen LogP contribution in [0.25, 0.3) is 0 Å². The highest BCUT2D eigenvalue weighted by Gasteiger charge is 2.19. The number of anilines is 1. The van der Waals surface area contributed by atoms with Crippen molar-refractivity contribution < 1.29 is 19.1 Å². The quantitative estimate of drug-likeness (QED) is 0.804. The summed E-state index contributed by atoms with van der Waals surface area (Å²) in [7, 11) is 1.53. The smallest absolute Gasteiger partial charge is 0.339 e. The van der Waals surface area contributed by atoms with Gasteiger partial charge >= 0.3 is 5.97 Å². The van der Waals surface area contributed by atoms with E-state index in [9.17, 15) is 9.59 Å². The van der Waals surface area contributed by atoms with Crippen molar-refractivity contribution in [3.05, 3.63) is 58.1 Å². The third-order valence-electron chi connectivity index (χ3n) is 3.09. The van der Waals surface area contributed by atoms with Crippen LogP contribution in [0.1, 0.15) is 17.3 Å². The number of halogens is 2. The van der Waals surface area contributed by atoms with Crippen molar-refractivity contribution in [2.45, 2.75) is 13.0 Å². The lowest BCUT2D eigenvalue weighted by molar-refractivity contribution is -0.123. The molecule has 126 valence electrons. The van der Waals surface area contributed by atoms with E-state index < -0.39 is 18.0 Å². The zero-order valence-corrected chi connectivity index (χ0v) is 14.5. The van der Waals surface area contributed by atoms with Crippen LogP contribution in [-0.4, -0.2) is 25.1 Å². The molecule has 1 atom stereocenters. The number of esters is 1. The Morgan fingerprint density at radius 1 is 1.08 bits per heavy atom. The number of carbonyl (C=O) groups excluding carboxylic acids is 2. The van der Waals surface area contributed by atoms with Crippen molar-refractivity contribution in [2.24, 2.45) is 0 Å². The topological polar surface area (TPSA) is 64.6 Å². The number of hydrogen-bond donors (Lipinski definition) is 1. The number of hydrogen-bond acceptors (Lipinski definition) is 4. The standard InChI is InChI=1S/C17H15Cl2NO4/c1-10(16(21)20-14-4-3-5-15(9-14)23-2)24-17(22)11-6-12(18)8-13(19)7-11/h3-10H,1-2H3,(H,20,21)/t10-/m1/s1. The van der Waals surface area contributed by atoms with E-state index in [2.05, 4.69) is 5.32 Å². The summed E-state index contributed by atoms with van der Waals surface area (Å²) in [4.78, 5) is 24.2. The van der Waals surface area contributed by atoms with E-state index in [1.807, 2.05) is 0 Å². The fraction of sp³-hybridized carbons (Fsp3) is 0.176. The minimum atomic E-state index is -0.999. The SMILES string of the molecule is COc1cccc(NC(=O)[C@@H](C)OC(=O)c2cc(Cl)cc(Cl)c2)c1. The molecule has 0 fully saturated rings. The van der Waals surface area contributed by atoms with Crippen molar-refractivity contribution >= 4 is 40.8 Å². The molecule has 7 heteroatoms. The molecule has 0 bridgehead atoms. The summed E-state index contributed by atoms with van der Waals surface area (Å²) in [5.41, 5.74) is 0.710. The molecule has 24 heavy (non-hydrogen) atoms. The Bertz CT molecular complexity index is 744. The van der Waals surface area contributed by atoms with Gasteiger partial charge in [-0.25, -0.2) is 4.79 Å². The van der Waals surface area contributed by atoms with Gasteiger partial charge < -0.3 is 14.8 Å². The Kier molecular flexibility index (Phi) is 6.06. The van der Waals surface area contributed by atoms with Crippen LogP contribution in [-0.2, 0) is 9.53 Å². The first-order valence-electron chi connectivity index (χ1n) is 7.01. The van der Waals surface area contributed by atoms with Crippen LogP contribution in [0.5, 0.6) is 5.75 Å². The van der Waals surface area contributed by atoms with Crippen LogP contribution >= 0.6 is 23.2 Å². The summed E-state index contributed by atoms with van der Waals surface area (Å²) in [6, 6.07) is 11.2. The minimum Gasteiger partial charge on any atom is -0.497 e. The lowest BCUT2D eigenvalue weighted by atomic mass is 10.2. The molecule has 0 radical (unpaired) electrons. The molecular weight excluding hydrogens is 353 g/mol. The van der Waals surface area contributed by atoms with Gasteiger partial charge in [-0.05, 0) is 37.3 Å². The van der Waals surface area contributed by atoms with Gasteiger partial charge in [0, 0.05) is 21.8 Å². The third-order valence-corrected chi connectivity index (χ3v) is 3.53. The Labute approximate surface area is 149 Å². The summed E-state index contributed by atoms with van der Waals surface area (Å²) in [6.07, 6.45) is -0.999. The van der Waals surface area contributed by atoms with E-state index in [-0.39, 0.29) is 5.56 Å². The number of amides is 1. The Morgan fingerprint density at radius 3 is 2.38 bits per heavy atom. The minimum absolute atomic E-state index is 0.175. The highest BCUT2D eigenvalue weighted by atomic mass is 35.5. The van der Waals surface area contributed by atoms with Crippen LogP contribution in [0.2, 0.25) is 10.0 Å². The number of benzene rings is 2. The molecule has 0 aromatic heterocycles. The lowest BCUT2D eigenvalue weighted by Crippen LogP contribution is -2.30. The van der Waals surface area contributed by atoms with Crippen LogP contribution in [0, 0.1) is 0 Å².